The average molecular weight is 447 g/mol. The average Bonchev–Trinajstić information content (AvgIpc) is 3.34. The van der Waals surface area contributed by atoms with E-state index in [0.29, 0.717) is 6.61 Å². The van der Waals surface area contributed by atoms with E-state index in [-0.39, 0.29) is 0 Å². The molecular formula is C26H26N2O3S. The molecule has 0 aliphatic rings. The van der Waals surface area contributed by atoms with Gasteiger partial charge in [-0.05, 0) is 35.2 Å². The fourth-order valence-electron chi connectivity index (χ4n) is 3.21. The molecule has 0 saturated heterocycles. The number of hydrogen-bond donors (Lipinski definition) is 0. The van der Waals surface area contributed by atoms with Gasteiger partial charge in [-0.3, -0.25) is 0 Å². The van der Waals surface area contributed by atoms with Crippen molar-refractivity contribution in [1.82, 2.24) is 10.2 Å². The summed E-state index contributed by atoms with van der Waals surface area (Å²) in [5.41, 5.74) is 5.45. The molecule has 0 spiro atoms. The zero-order valence-corrected chi connectivity index (χ0v) is 19.1. The zero-order valence-electron chi connectivity index (χ0n) is 18.3. The Hall–Kier alpha value is -3.06. The van der Waals surface area contributed by atoms with E-state index in [4.69, 9.17) is 9.62 Å². The smallest absolute Gasteiger partial charge is 0.148 e. The maximum absolute atomic E-state index is 5.75. The lowest BCUT2D eigenvalue weighted by Gasteiger charge is -2.07. The van der Waals surface area contributed by atoms with E-state index < -0.39 is 0 Å². The third kappa shape index (κ3) is 5.59. The van der Waals surface area contributed by atoms with Gasteiger partial charge in [0.1, 0.15) is 22.4 Å². The summed E-state index contributed by atoms with van der Waals surface area (Å²) < 4.78 is 5.75. The molecule has 0 N–H and O–H groups in total. The summed E-state index contributed by atoms with van der Waals surface area (Å²) in [6, 6.07) is 24.7. The number of rotatable bonds is 10. The highest BCUT2D eigenvalue weighted by molar-refractivity contribution is 7.17. The van der Waals surface area contributed by atoms with Gasteiger partial charge >= 0.3 is 0 Å². The van der Waals surface area contributed by atoms with E-state index in [1.54, 1.807) is 11.3 Å². The molecule has 3 aromatic carbocycles. The van der Waals surface area contributed by atoms with Crippen LogP contribution >= 0.6 is 11.3 Å². The quantitative estimate of drug-likeness (QED) is 0.152. The standard InChI is InChI=1S/C26H26N2O3S/c1-3-4-17-30-24-15-13-21(14-16-24)20-9-11-23(12-10-20)26-28-27-25(32-26)22-7-5-19(6-8-22)18-31-29-2/h5-16H,3-4,17-18H2,1-2H3. The van der Waals surface area contributed by atoms with Gasteiger partial charge < -0.3 is 4.74 Å². The Morgan fingerprint density at radius 2 is 1.25 bits per heavy atom. The Kier molecular flexibility index (Phi) is 7.61. The van der Waals surface area contributed by atoms with Crippen molar-refractivity contribution in [3.8, 4) is 38.0 Å². The van der Waals surface area contributed by atoms with E-state index in [1.807, 2.05) is 36.4 Å². The van der Waals surface area contributed by atoms with Crippen molar-refractivity contribution in [3.05, 3.63) is 78.4 Å². The maximum Gasteiger partial charge on any atom is 0.148 e. The molecule has 1 heterocycles. The van der Waals surface area contributed by atoms with Crippen molar-refractivity contribution < 1.29 is 14.5 Å². The van der Waals surface area contributed by atoms with E-state index >= 15 is 0 Å². The first-order valence-corrected chi connectivity index (χ1v) is 11.5. The van der Waals surface area contributed by atoms with Crippen LogP contribution in [0.15, 0.2) is 72.8 Å². The van der Waals surface area contributed by atoms with Crippen molar-refractivity contribution in [2.75, 3.05) is 13.7 Å². The Bertz CT molecular complexity index is 1110. The number of aromatic nitrogens is 2. The van der Waals surface area contributed by atoms with Crippen LogP contribution in [-0.4, -0.2) is 23.9 Å². The van der Waals surface area contributed by atoms with Crippen LogP contribution in [0.3, 0.4) is 0 Å². The summed E-state index contributed by atoms with van der Waals surface area (Å²) >= 11 is 1.58. The molecule has 1 aromatic heterocycles. The SMILES string of the molecule is CCCCOc1ccc(-c2ccc(-c3nnc(-c4ccc(COOC)cc4)s3)cc2)cc1. The molecule has 5 nitrogen and oxygen atoms in total. The molecule has 0 saturated carbocycles. The van der Waals surface area contributed by atoms with Crippen LogP contribution < -0.4 is 4.74 Å². The summed E-state index contributed by atoms with van der Waals surface area (Å²) in [5, 5.41) is 10.6. The molecule has 0 aliphatic carbocycles. The highest BCUT2D eigenvalue weighted by Crippen LogP contribution is 2.31. The minimum Gasteiger partial charge on any atom is -0.494 e. The fraction of sp³-hybridized carbons (Fsp3) is 0.231. The summed E-state index contributed by atoms with van der Waals surface area (Å²) in [4.78, 5) is 9.61. The molecule has 0 fully saturated rings. The first kappa shape index (κ1) is 22.1. The molecule has 164 valence electrons. The second-order valence-corrected chi connectivity index (χ2v) is 8.32. The van der Waals surface area contributed by atoms with Gasteiger partial charge in [-0.25, -0.2) is 9.78 Å². The van der Waals surface area contributed by atoms with Crippen LogP contribution in [0.1, 0.15) is 25.3 Å². The number of ether oxygens (including phenoxy) is 1. The van der Waals surface area contributed by atoms with Gasteiger partial charge in [-0.1, -0.05) is 85.3 Å². The topological polar surface area (TPSA) is 53.5 Å². The normalized spacial score (nSPS) is 10.9. The summed E-state index contributed by atoms with van der Waals surface area (Å²) in [5.74, 6) is 0.916. The van der Waals surface area contributed by atoms with Crippen LogP contribution in [0.4, 0.5) is 0 Å². The molecule has 0 unspecified atom stereocenters. The lowest BCUT2D eigenvalue weighted by molar-refractivity contribution is -0.282. The third-order valence-electron chi connectivity index (χ3n) is 5.06. The van der Waals surface area contributed by atoms with Crippen molar-refractivity contribution >= 4 is 11.3 Å². The molecule has 0 radical (unpaired) electrons. The van der Waals surface area contributed by atoms with Crippen LogP contribution in [0.2, 0.25) is 0 Å². The lowest BCUT2D eigenvalue weighted by atomic mass is 10.0. The first-order valence-electron chi connectivity index (χ1n) is 10.7. The predicted octanol–water partition coefficient (Wildman–Crippen LogP) is 6.80. The van der Waals surface area contributed by atoms with Gasteiger partial charge in [-0.15, -0.1) is 10.2 Å². The summed E-state index contributed by atoms with van der Waals surface area (Å²) in [6.07, 6.45) is 2.21. The number of nitrogens with zero attached hydrogens (tertiary/aromatic N) is 2. The molecule has 4 rings (SSSR count). The highest BCUT2D eigenvalue weighted by atomic mass is 32.1. The lowest BCUT2D eigenvalue weighted by Crippen LogP contribution is -1.95. The van der Waals surface area contributed by atoms with Crippen molar-refractivity contribution in [2.24, 2.45) is 0 Å². The van der Waals surface area contributed by atoms with Gasteiger partial charge in [0.2, 0.25) is 0 Å². The van der Waals surface area contributed by atoms with E-state index in [2.05, 4.69) is 58.4 Å². The monoisotopic (exact) mass is 446 g/mol. The molecule has 0 bridgehead atoms. The Labute approximate surface area is 192 Å². The van der Waals surface area contributed by atoms with Crippen LogP contribution in [-0.2, 0) is 16.4 Å². The van der Waals surface area contributed by atoms with Gasteiger partial charge in [0.05, 0.1) is 13.7 Å². The van der Waals surface area contributed by atoms with Gasteiger partial charge in [-0.2, -0.15) is 0 Å². The largest absolute Gasteiger partial charge is 0.494 e. The Morgan fingerprint density at radius 3 is 1.81 bits per heavy atom. The van der Waals surface area contributed by atoms with Crippen LogP contribution in [0.25, 0.3) is 32.3 Å². The maximum atomic E-state index is 5.75. The second kappa shape index (κ2) is 11.0. The first-order chi connectivity index (χ1) is 15.8. The van der Waals surface area contributed by atoms with Crippen molar-refractivity contribution in [2.45, 2.75) is 26.4 Å². The van der Waals surface area contributed by atoms with Crippen molar-refractivity contribution in [3.63, 3.8) is 0 Å². The van der Waals surface area contributed by atoms with E-state index in [1.165, 1.54) is 7.11 Å². The number of benzene rings is 3. The van der Waals surface area contributed by atoms with Crippen LogP contribution in [0.5, 0.6) is 5.75 Å². The molecule has 6 heteroatoms. The Balaban J connectivity index is 1.43. The Morgan fingerprint density at radius 1 is 0.719 bits per heavy atom. The fourth-order valence-corrected chi connectivity index (χ4v) is 4.06. The van der Waals surface area contributed by atoms with Gasteiger partial charge in [0.25, 0.3) is 0 Å². The molecule has 0 amide bonds. The molecule has 32 heavy (non-hydrogen) atoms. The minimum absolute atomic E-state index is 0.416. The number of unbranched alkanes of at least 4 members (excludes halogenated alkanes) is 1. The van der Waals surface area contributed by atoms with Crippen molar-refractivity contribution in [1.29, 1.82) is 0 Å². The van der Waals surface area contributed by atoms with Crippen LogP contribution in [0, 0.1) is 0 Å². The third-order valence-corrected chi connectivity index (χ3v) is 6.08. The molecule has 0 atom stereocenters. The molecule has 0 aliphatic heterocycles. The predicted molar refractivity (Wildman–Crippen MR) is 128 cm³/mol. The molecular weight excluding hydrogens is 420 g/mol. The second-order valence-electron chi connectivity index (χ2n) is 7.34. The molecule has 4 aromatic rings. The summed E-state index contributed by atoms with van der Waals surface area (Å²) in [6.45, 7) is 3.34. The highest BCUT2D eigenvalue weighted by Gasteiger charge is 2.09. The number of hydrogen-bond acceptors (Lipinski definition) is 6. The van der Waals surface area contributed by atoms with E-state index in [9.17, 15) is 0 Å². The zero-order chi connectivity index (χ0) is 22.2. The van der Waals surface area contributed by atoms with Gasteiger partial charge in [0, 0.05) is 11.1 Å². The van der Waals surface area contributed by atoms with E-state index in [0.717, 1.165) is 63.0 Å². The summed E-state index contributed by atoms with van der Waals surface area (Å²) in [7, 11) is 1.50. The van der Waals surface area contributed by atoms with Gasteiger partial charge in [0.15, 0.2) is 0 Å². The minimum atomic E-state index is 0.416.